The molecule has 0 aliphatic carbocycles. The van der Waals surface area contributed by atoms with Crippen LogP contribution in [0.4, 0.5) is 0 Å². The smallest absolute Gasteiger partial charge is 0.309 e. The van der Waals surface area contributed by atoms with Crippen LogP contribution in [0.25, 0.3) is 0 Å². The molecule has 0 rings (SSSR count). The number of ether oxygens (including phenoxy) is 1. The lowest BCUT2D eigenvalue weighted by atomic mass is 9.98. The van der Waals surface area contributed by atoms with Crippen LogP contribution in [0.3, 0.4) is 0 Å². The summed E-state index contributed by atoms with van der Waals surface area (Å²) in [4.78, 5) is 15.1. The Labute approximate surface area is 84.8 Å². The summed E-state index contributed by atoms with van der Waals surface area (Å²) < 4.78 is 4.60. The average molecular weight is 198 g/mol. The zero-order chi connectivity index (χ0) is 11.1. The van der Waals surface area contributed by atoms with E-state index in [1.807, 2.05) is 20.8 Å². The van der Waals surface area contributed by atoms with Gasteiger partial charge in [0.2, 0.25) is 0 Å². The molecule has 0 bridgehead atoms. The second kappa shape index (κ2) is 6.18. The van der Waals surface area contributed by atoms with Gasteiger partial charge in [0.05, 0.1) is 19.9 Å². The van der Waals surface area contributed by atoms with Gasteiger partial charge in [0.25, 0.3) is 0 Å². The van der Waals surface area contributed by atoms with Crippen molar-refractivity contribution in [3.63, 3.8) is 0 Å². The Balaban J connectivity index is 4.76. The normalized spacial score (nSPS) is 13.2. The van der Waals surface area contributed by atoms with Gasteiger partial charge in [0, 0.05) is 5.70 Å². The summed E-state index contributed by atoms with van der Waals surface area (Å²) in [7, 11) is 1.38. The van der Waals surface area contributed by atoms with Crippen molar-refractivity contribution >= 4 is 12.3 Å². The summed E-state index contributed by atoms with van der Waals surface area (Å²) in [5.74, 6) is 0.0121. The number of allylic oxidation sites excluding steroid dienone is 1. The Hall–Kier alpha value is -1.32. The maximum absolute atomic E-state index is 11.1. The van der Waals surface area contributed by atoms with Crippen LogP contribution < -0.4 is 5.73 Å². The summed E-state index contributed by atoms with van der Waals surface area (Å²) in [5.41, 5.74) is 6.93. The molecule has 0 aromatic heterocycles. The maximum Gasteiger partial charge on any atom is 0.309 e. The fourth-order valence-electron chi connectivity index (χ4n) is 1.17. The van der Waals surface area contributed by atoms with E-state index >= 15 is 0 Å². The van der Waals surface area contributed by atoms with Gasteiger partial charge in [-0.15, -0.1) is 0 Å². The van der Waals surface area contributed by atoms with Crippen molar-refractivity contribution < 1.29 is 9.53 Å². The highest BCUT2D eigenvalue weighted by atomic mass is 16.5. The van der Waals surface area contributed by atoms with Crippen LogP contribution in [0.5, 0.6) is 0 Å². The molecule has 2 N–H and O–H groups in total. The van der Waals surface area contributed by atoms with Crippen molar-refractivity contribution in [2.45, 2.75) is 27.2 Å². The maximum atomic E-state index is 11.1. The molecule has 0 saturated carbocycles. The lowest BCUT2D eigenvalue weighted by molar-refractivity contribution is -0.139. The highest BCUT2D eigenvalue weighted by Gasteiger charge is 2.12. The van der Waals surface area contributed by atoms with Gasteiger partial charge in [-0.05, 0) is 18.4 Å². The van der Waals surface area contributed by atoms with E-state index in [2.05, 4.69) is 9.73 Å². The fraction of sp³-hybridized carbons (Fsp3) is 0.600. The lowest BCUT2D eigenvalue weighted by Crippen LogP contribution is -2.07. The van der Waals surface area contributed by atoms with Gasteiger partial charge in [-0.3, -0.25) is 4.79 Å². The number of rotatable bonds is 4. The van der Waals surface area contributed by atoms with Gasteiger partial charge in [-0.1, -0.05) is 13.8 Å². The van der Waals surface area contributed by atoms with Crippen LogP contribution in [0.2, 0.25) is 0 Å². The number of nitrogens with zero attached hydrogens (tertiary/aromatic N) is 1. The number of aliphatic imine (C=N–C) groups is 1. The minimum atomic E-state index is -0.250. The SMILES string of the molecule is COC(=O)C/C(=C(\C)N=CN)C(C)C. The minimum Gasteiger partial charge on any atom is -0.469 e. The quantitative estimate of drug-likeness (QED) is 0.422. The Morgan fingerprint density at radius 3 is 2.50 bits per heavy atom. The molecule has 14 heavy (non-hydrogen) atoms. The summed E-state index contributed by atoms with van der Waals surface area (Å²) in [5, 5.41) is 0. The van der Waals surface area contributed by atoms with Crippen molar-refractivity contribution in [3.05, 3.63) is 11.3 Å². The molecular weight excluding hydrogens is 180 g/mol. The second-order valence-corrected chi connectivity index (χ2v) is 3.30. The summed E-state index contributed by atoms with van der Waals surface area (Å²) in [6.45, 7) is 5.85. The molecule has 0 saturated heterocycles. The molecule has 0 radical (unpaired) electrons. The van der Waals surface area contributed by atoms with E-state index in [1.165, 1.54) is 13.4 Å². The number of hydrogen-bond acceptors (Lipinski definition) is 3. The molecule has 0 aromatic carbocycles. The third-order valence-corrected chi connectivity index (χ3v) is 1.99. The molecule has 0 spiro atoms. The standard InChI is InChI=1S/C10H18N2O2/c1-7(2)9(5-10(13)14-4)8(3)12-6-11/h6-7H,5H2,1-4H3,(H2,11,12)/b9-8-. The van der Waals surface area contributed by atoms with E-state index in [1.54, 1.807) is 0 Å². The summed E-state index contributed by atoms with van der Waals surface area (Å²) >= 11 is 0. The molecule has 0 aromatic rings. The number of nitrogens with two attached hydrogens (primary N) is 1. The fourth-order valence-corrected chi connectivity index (χ4v) is 1.17. The van der Waals surface area contributed by atoms with Crippen molar-refractivity contribution in [2.24, 2.45) is 16.6 Å². The first kappa shape index (κ1) is 12.7. The largest absolute Gasteiger partial charge is 0.469 e. The third-order valence-electron chi connectivity index (χ3n) is 1.99. The molecular formula is C10H18N2O2. The van der Waals surface area contributed by atoms with Gasteiger partial charge in [0.1, 0.15) is 0 Å². The Kier molecular flexibility index (Phi) is 5.60. The van der Waals surface area contributed by atoms with Crippen molar-refractivity contribution in [1.82, 2.24) is 0 Å². The van der Waals surface area contributed by atoms with E-state index < -0.39 is 0 Å². The minimum absolute atomic E-state index is 0.250. The Bertz CT molecular complexity index is 255. The van der Waals surface area contributed by atoms with Gasteiger partial charge in [-0.2, -0.15) is 0 Å². The summed E-state index contributed by atoms with van der Waals surface area (Å²) in [6.07, 6.45) is 1.51. The van der Waals surface area contributed by atoms with Gasteiger partial charge in [0.15, 0.2) is 0 Å². The molecule has 0 unspecified atom stereocenters. The van der Waals surface area contributed by atoms with E-state index in [4.69, 9.17) is 5.73 Å². The van der Waals surface area contributed by atoms with E-state index in [-0.39, 0.29) is 18.3 Å². The Morgan fingerprint density at radius 2 is 2.14 bits per heavy atom. The van der Waals surface area contributed by atoms with Crippen LogP contribution in [0.15, 0.2) is 16.3 Å². The number of carbonyl (C=O) groups excluding carboxylic acids is 1. The van der Waals surface area contributed by atoms with Crippen LogP contribution in [-0.4, -0.2) is 19.4 Å². The topological polar surface area (TPSA) is 64.7 Å². The first-order chi connectivity index (χ1) is 6.52. The highest BCUT2D eigenvalue weighted by Crippen LogP contribution is 2.19. The lowest BCUT2D eigenvalue weighted by Gasteiger charge is -2.11. The summed E-state index contributed by atoms with van der Waals surface area (Å²) in [6, 6.07) is 0. The Morgan fingerprint density at radius 1 is 1.57 bits per heavy atom. The molecule has 0 aliphatic rings. The molecule has 80 valence electrons. The third kappa shape index (κ3) is 4.07. The average Bonchev–Trinajstić information content (AvgIpc) is 2.13. The molecule has 0 fully saturated rings. The van der Waals surface area contributed by atoms with Crippen LogP contribution in [-0.2, 0) is 9.53 Å². The van der Waals surface area contributed by atoms with E-state index in [0.29, 0.717) is 0 Å². The molecule has 0 amide bonds. The number of hydrogen-bond donors (Lipinski definition) is 1. The van der Waals surface area contributed by atoms with Crippen molar-refractivity contribution in [3.8, 4) is 0 Å². The zero-order valence-electron chi connectivity index (χ0n) is 9.20. The molecule has 4 heteroatoms. The van der Waals surface area contributed by atoms with Gasteiger partial charge >= 0.3 is 5.97 Å². The molecule has 4 nitrogen and oxygen atoms in total. The highest BCUT2D eigenvalue weighted by molar-refractivity contribution is 5.72. The molecule has 0 heterocycles. The van der Waals surface area contributed by atoms with Crippen LogP contribution >= 0.6 is 0 Å². The van der Waals surface area contributed by atoms with Gasteiger partial charge in [-0.25, -0.2) is 4.99 Å². The van der Waals surface area contributed by atoms with E-state index in [9.17, 15) is 4.79 Å². The predicted octanol–water partition coefficient (Wildman–Crippen LogP) is 1.47. The van der Waals surface area contributed by atoms with Crippen molar-refractivity contribution in [2.75, 3.05) is 7.11 Å². The van der Waals surface area contributed by atoms with Crippen molar-refractivity contribution in [1.29, 1.82) is 0 Å². The number of carbonyl (C=O) groups is 1. The zero-order valence-corrected chi connectivity index (χ0v) is 9.20. The number of methoxy groups -OCH3 is 1. The van der Waals surface area contributed by atoms with Crippen LogP contribution in [0, 0.1) is 5.92 Å². The second-order valence-electron chi connectivity index (χ2n) is 3.30. The first-order valence-electron chi connectivity index (χ1n) is 4.53. The monoisotopic (exact) mass is 198 g/mol. The molecule has 0 atom stereocenters. The van der Waals surface area contributed by atoms with Gasteiger partial charge < -0.3 is 10.5 Å². The number of esters is 1. The van der Waals surface area contributed by atoms with Crippen LogP contribution in [0.1, 0.15) is 27.2 Å². The predicted molar refractivity (Wildman–Crippen MR) is 56.9 cm³/mol. The van der Waals surface area contributed by atoms with E-state index in [0.717, 1.165) is 11.3 Å². The molecule has 0 aliphatic heterocycles. The first-order valence-corrected chi connectivity index (χ1v) is 4.53.